The van der Waals surface area contributed by atoms with Gasteiger partial charge in [0.05, 0.1) is 0 Å². The molecule has 2 aliphatic rings. The van der Waals surface area contributed by atoms with E-state index in [-0.39, 0.29) is 0 Å². The van der Waals surface area contributed by atoms with E-state index < -0.39 is 0 Å². The van der Waals surface area contributed by atoms with E-state index in [0.717, 1.165) is 32.5 Å². The largest absolute Gasteiger partial charge is 0.355 e. The highest BCUT2D eigenvalue weighted by molar-refractivity contribution is 5.82. The molecule has 2 fully saturated rings. The van der Waals surface area contributed by atoms with Crippen molar-refractivity contribution in [1.82, 2.24) is 10.6 Å². The second kappa shape index (κ2) is 5.17. The molecule has 2 saturated carbocycles. The van der Waals surface area contributed by atoms with Crippen LogP contribution in [0.25, 0.3) is 0 Å². The van der Waals surface area contributed by atoms with Gasteiger partial charge in [-0.25, -0.2) is 0 Å². The van der Waals surface area contributed by atoms with Gasteiger partial charge in [0.1, 0.15) is 0 Å². The zero-order valence-electron chi connectivity index (χ0n) is 10.3. The van der Waals surface area contributed by atoms with Gasteiger partial charge in [0, 0.05) is 19.0 Å². The summed E-state index contributed by atoms with van der Waals surface area (Å²) in [5, 5.41) is 6.35. The molecule has 0 radical (unpaired) electrons. The van der Waals surface area contributed by atoms with Crippen LogP contribution in [0.4, 0.5) is 0 Å². The molecule has 3 nitrogen and oxygen atoms in total. The van der Waals surface area contributed by atoms with Crippen molar-refractivity contribution >= 4 is 5.91 Å². The molecule has 1 atom stereocenters. The molecule has 2 aliphatic carbocycles. The molecule has 16 heavy (non-hydrogen) atoms. The third kappa shape index (κ3) is 2.57. The fraction of sp³-hybridized carbons (Fsp3) is 0.923. The van der Waals surface area contributed by atoms with E-state index in [9.17, 15) is 4.79 Å². The summed E-state index contributed by atoms with van der Waals surface area (Å²) in [5.41, 5.74) is 0.445. The number of amides is 1. The molecular weight excluding hydrogens is 200 g/mol. The Morgan fingerprint density at radius 2 is 2.00 bits per heavy atom. The first-order chi connectivity index (χ1) is 7.78. The van der Waals surface area contributed by atoms with Gasteiger partial charge in [-0.3, -0.25) is 4.79 Å². The van der Waals surface area contributed by atoms with Crippen LogP contribution in [0, 0.1) is 11.3 Å². The van der Waals surface area contributed by atoms with Crippen molar-refractivity contribution in [3.63, 3.8) is 0 Å². The Bertz CT molecular complexity index is 246. The van der Waals surface area contributed by atoms with Crippen LogP contribution in [0.3, 0.4) is 0 Å². The SMILES string of the molecule is CCCNCCNC(=O)C1CC12CCCC2. The number of rotatable bonds is 6. The van der Waals surface area contributed by atoms with Crippen LogP contribution in [0.2, 0.25) is 0 Å². The molecule has 0 saturated heterocycles. The lowest BCUT2D eigenvalue weighted by molar-refractivity contribution is -0.123. The molecule has 1 unspecified atom stereocenters. The van der Waals surface area contributed by atoms with Crippen molar-refractivity contribution in [1.29, 1.82) is 0 Å². The Labute approximate surface area is 98.4 Å². The van der Waals surface area contributed by atoms with Crippen LogP contribution in [-0.2, 0) is 4.79 Å². The van der Waals surface area contributed by atoms with Crippen molar-refractivity contribution in [3.05, 3.63) is 0 Å². The molecule has 0 aromatic heterocycles. The molecule has 3 heteroatoms. The first kappa shape index (κ1) is 11.9. The summed E-state index contributed by atoms with van der Waals surface area (Å²) in [6, 6.07) is 0. The van der Waals surface area contributed by atoms with Gasteiger partial charge in [-0.2, -0.15) is 0 Å². The molecule has 2 rings (SSSR count). The molecule has 0 aromatic carbocycles. The monoisotopic (exact) mass is 224 g/mol. The molecule has 0 aliphatic heterocycles. The number of carbonyl (C=O) groups excluding carboxylic acids is 1. The normalized spacial score (nSPS) is 25.9. The van der Waals surface area contributed by atoms with Crippen LogP contribution in [0.1, 0.15) is 45.4 Å². The van der Waals surface area contributed by atoms with Gasteiger partial charge in [0.2, 0.25) is 5.91 Å². The minimum Gasteiger partial charge on any atom is -0.355 e. The summed E-state index contributed by atoms with van der Waals surface area (Å²) in [5.74, 6) is 0.654. The summed E-state index contributed by atoms with van der Waals surface area (Å²) in [6.45, 7) is 4.88. The fourth-order valence-corrected chi connectivity index (χ4v) is 3.05. The van der Waals surface area contributed by atoms with Gasteiger partial charge in [0.15, 0.2) is 0 Å². The second-order valence-corrected chi connectivity index (χ2v) is 5.37. The maximum Gasteiger partial charge on any atom is 0.223 e. The molecule has 0 heterocycles. The van der Waals surface area contributed by atoms with E-state index in [2.05, 4.69) is 17.6 Å². The predicted molar refractivity (Wildman–Crippen MR) is 65.2 cm³/mol. The molecule has 0 aromatic rings. The number of carbonyl (C=O) groups is 1. The van der Waals surface area contributed by atoms with E-state index in [4.69, 9.17) is 0 Å². The van der Waals surface area contributed by atoms with Crippen LogP contribution in [0.5, 0.6) is 0 Å². The lowest BCUT2D eigenvalue weighted by atomic mass is 10.0. The average Bonchev–Trinajstić information content (AvgIpc) is 2.77. The zero-order chi connectivity index (χ0) is 11.4. The second-order valence-electron chi connectivity index (χ2n) is 5.37. The molecular formula is C13H24N2O. The molecule has 1 amide bonds. The van der Waals surface area contributed by atoms with Gasteiger partial charge in [-0.1, -0.05) is 19.8 Å². The minimum atomic E-state index is 0.306. The summed E-state index contributed by atoms with van der Waals surface area (Å²) in [6.07, 6.45) is 7.56. The van der Waals surface area contributed by atoms with Crippen molar-refractivity contribution in [2.75, 3.05) is 19.6 Å². The Morgan fingerprint density at radius 1 is 1.25 bits per heavy atom. The van der Waals surface area contributed by atoms with Crippen LogP contribution in [0.15, 0.2) is 0 Å². The third-order valence-corrected chi connectivity index (χ3v) is 4.13. The van der Waals surface area contributed by atoms with Crippen LogP contribution in [-0.4, -0.2) is 25.5 Å². The smallest absolute Gasteiger partial charge is 0.223 e. The Kier molecular flexibility index (Phi) is 3.85. The van der Waals surface area contributed by atoms with Gasteiger partial charge < -0.3 is 10.6 Å². The van der Waals surface area contributed by atoms with Gasteiger partial charge in [-0.15, -0.1) is 0 Å². The summed E-state index contributed by atoms with van der Waals surface area (Å²) < 4.78 is 0. The maximum absolute atomic E-state index is 11.9. The van der Waals surface area contributed by atoms with Crippen LogP contribution < -0.4 is 10.6 Å². The average molecular weight is 224 g/mol. The fourth-order valence-electron chi connectivity index (χ4n) is 3.05. The van der Waals surface area contributed by atoms with Crippen molar-refractivity contribution in [2.24, 2.45) is 11.3 Å². The molecule has 1 spiro atoms. The number of hydrogen-bond donors (Lipinski definition) is 2. The van der Waals surface area contributed by atoms with E-state index in [1.165, 1.54) is 25.7 Å². The number of hydrogen-bond acceptors (Lipinski definition) is 2. The quantitative estimate of drug-likeness (QED) is 0.674. The zero-order valence-corrected chi connectivity index (χ0v) is 10.3. The Balaban J connectivity index is 1.59. The summed E-state index contributed by atoms with van der Waals surface area (Å²) in [7, 11) is 0. The predicted octanol–water partition coefficient (Wildman–Crippen LogP) is 1.68. The summed E-state index contributed by atoms with van der Waals surface area (Å²) in [4.78, 5) is 11.9. The van der Waals surface area contributed by atoms with E-state index in [0.29, 0.717) is 17.2 Å². The minimum absolute atomic E-state index is 0.306. The van der Waals surface area contributed by atoms with Crippen molar-refractivity contribution < 1.29 is 4.79 Å². The highest BCUT2D eigenvalue weighted by atomic mass is 16.2. The van der Waals surface area contributed by atoms with Crippen molar-refractivity contribution in [3.8, 4) is 0 Å². The maximum atomic E-state index is 11.9. The Morgan fingerprint density at radius 3 is 2.69 bits per heavy atom. The van der Waals surface area contributed by atoms with Crippen LogP contribution >= 0.6 is 0 Å². The molecule has 2 N–H and O–H groups in total. The third-order valence-electron chi connectivity index (χ3n) is 4.13. The molecule has 92 valence electrons. The first-order valence-electron chi connectivity index (χ1n) is 6.77. The number of nitrogens with one attached hydrogen (secondary N) is 2. The Hall–Kier alpha value is -0.570. The van der Waals surface area contributed by atoms with Crippen molar-refractivity contribution in [2.45, 2.75) is 45.4 Å². The van der Waals surface area contributed by atoms with Gasteiger partial charge in [-0.05, 0) is 37.6 Å². The first-order valence-corrected chi connectivity index (χ1v) is 6.77. The van der Waals surface area contributed by atoms with E-state index in [1.54, 1.807) is 0 Å². The van der Waals surface area contributed by atoms with Gasteiger partial charge >= 0.3 is 0 Å². The molecule has 0 bridgehead atoms. The van der Waals surface area contributed by atoms with E-state index in [1.807, 2.05) is 0 Å². The topological polar surface area (TPSA) is 41.1 Å². The van der Waals surface area contributed by atoms with Gasteiger partial charge in [0.25, 0.3) is 0 Å². The van der Waals surface area contributed by atoms with E-state index >= 15 is 0 Å². The standard InChI is InChI=1S/C13H24N2O/c1-2-7-14-8-9-15-12(16)11-10-13(11)5-3-4-6-13/h11,14H,2-10H2,1H3,(H,15,16). The highest BCUT2D eigenvalue weighted by Crippen LogP contribution is 2.62. The lowest BCUT2D eigenvalue weighted by Crippen LogP contribution is -2.33. The highest BCUT2D eigenvalue weighted by Gasteiger charge is 2.58. The summed E-state index contributed by atoms with van der Waals surface area (Å²) >= 11 is 0. The lowest BCUT2D eigenvalue weighted by Gasteiger charge is -2.09.